The number of rotatable bonds is 6. The molecule has 12 heteroatoms. The second-order valence-electron chi connectivity index (χ2n) is 5.81. The maximum absolute atomic E-state index is 12.2. The number of nitrogens with zero attached hydrogens (tertiary/aromatic N) is 1. The van der Waals surface area contributed by atoms with Crippen LogP contribution in [0.15, 0.2) is 15.8 Å². The van der Waals surface area contributed by atoms with Gasteiger partial charge in [-0.15, -0.1) is 11.6 Å². The molecule has 1 aliphatic rings. The molecule has 0 spiro atoms. The largest absolute Gasteiger partial charge is 0.463 e. The highest BCUT2D eigenvalue weighted by Crippen LogP contribution is 2.31. The van der Waals surface area contributed by atoms with Gasteiger partial charge in [0.15, 0.2) is 12.3 Å². The molecule has 0 aliphatic carbocycles. The van der Waals surface area contributed by atoms with E-state index in [1.54, 1.807) is 0 Å². The van der Waals surface area contributed by atoms with E-state index < -0.39 is 52.6 Å². The minimum atomic E-state index is -1.45. The molecule has 1 unspecified atom stereocenters. The lowest BCUT2D eigenvalue weighted by Crippen LogP contribution is -2.40. The van der Waals surface area contributed by atoms with E-state index in [1.165, 1.54) is 13.1 Å². The lowest BCUT2D eigenvalue weighted by Gasteiger charge is -2.20. The lowest BCUT2D eigenvalue weighted by atomic mass is 10.1. The molecule has 1 aromatic rings. The van der Waals surface area contributed by atoms with Crippen LogP contribution in [-0.4, -0.2) is 57.4 Å². The number of aliphatic hydroxyl groups is 1. The van der Waals surface area contributed by atoms with E-state index in [0.717, 1.165) is 11.5 Å². The zero-order valence-corrected chi connectivity index (χ0v) is 16.7. The summed E-state index contributed by atoms with van der Waals surface area (Å²) in [6.45, 7) is 2.03. The van der Waals surface area contributed by atoms with E-state index in [4.69, 9.17) is 25.8 Å². The third-order valence-electron chi connectivity index (χ3n) is 3.80. The Balaban J connectivity index is 2.39. The highest BCUT2D eigenvalue weighted by molar-refractivity contribution is 9.09. The van der Waals surface area contributed by atoms with Gasteiger partial charge in [-0.05, 0) is 0 Å². The van der Waals surface area contributed by atoms with Crippen LogP contribution in [0.5, 0.6) is 0 Å². The molecule has 10 nitrogen and oxygen atoms in total. The van der Waals surface area contributed by atoms with Gasteiger partial charge in [-0.3, -0.25) is 23.9 Å². The number of esters is 2. The van der Waals surface area contributed by atoms with Crippen LogP contribution in [0.3, 0.4) is 0 Å². The average molecular weight is 470 g/mol. The first-order valence-corrected chi connectivity index (χ1v) is 9.30. The van der Waals surface area contributed by atoms with Gasteiger partial charge in [0.05, 0.1) is 4.83 Å². The third kappa shape index (κ3) is 4.98. The topological polar surface area (TPSA) is 137 Å². The number of aliphatic hydroxyl groups excluding tert-OH is 1. The first kappa shape index (κ1) is 21.6. The Labute approximate surface area is 166 Å². The number of carbonyl (C=O) groups is 2. The van der Waals surface area contributed by atoms with E-state index in [1.807, 2.05) is 0 Å². The lowest BCUT2D eigenvalue weighted by molar-refractivity contribution is -0.157. The molecule has 5 atom stereocenters. The smallest absolute Gasteiger partial charge is 0.330 e. The fourth-order valence-corrected chi connectivity index (χ4v) is 3.11. The summed E-state index contributed by atoms with van der Waals surface area (Å²) >= 11 is 8.96. The minimum absolute atomic E-state index is 0.0561. The summed E-state index contributed by atoms with van der Waals surface area (Å²) in [5.41, 5.74) is -1.33. The summed E-state index contributed by atoms with van der Waals surface area (Å²) in [4.78, 5) is 48.1. The fraction of sp³-hybridized carbons (Fsp3) is 0.600. The number of hydrogen-bond donors (Lipinski definition) is 2. The van der Waals surface area contributed by atoms with Crippen molar-refractivity contribution in [3.8, 4) is 0 Å². The molecule has 0 bridgehead atoms. The highest BCUT2D eigenvalue weighted by Gasteiger charge is 2.48. The number of halogens is 2. The average Bonchev–Trinajstić information content (AvgIpc) is 2.88. The number of carbonyl (C=O) groups excluding carboxylic acids is 2. The first-order valence-electron chi connectivity index (χ1n) is 7.85. The van der Waals surface area contributed by atoms with Gasteiger partial charge in [-0.1, -0.05) is 15.9 Å². The van der Waals surface area contributed by atoms with E-state index in [-0.39, 0.29) is 18.1 Å². The molecule has 0 radical (unpaired) electrons. The molecule has 2 rings (SSSR count). The number of aromatic nitrogens is 2. The fourth-order valence-electron chi connectivity index (χ4n) is 2.62. The Hall–Kier alpha value is -1.69. The summed E-state index contributed by atoms with van der Waals surface area (Å²) < 4.78 is 16.5. The van der Waals surface area contributed by atoms with Crippen molar-refractivity contribution >= 4 is 39.5 Å². The summed E-state index contributed by atoms with van der Waals surface area (Å²) in [6.07, 6.45) is -3.71. The van der Waals surface area contributed by atoms with Gasteiger partial charge >= 0.3 is 17.6 Å². The molecule has 2 N–H and O–H groups in total. The van der Waals surface area contributed by atoms with Crippen molar-refractivity contribution in [2.24, 2.45) is 0 Å². The van der Waals surface area contributed by atoms with Crippen LogP contribution in [0.4, 0.5) is 0 Å². The van der Waals surface area contributed by atoms with Crippen molar-refractivity contribution in [2.45, 2.75) is 43.2 Å². The van der Waals surface area contributed by atoms with Crippen molar-refractivity contribution in [2.75, 3.05) is 12.5 Å². The van der Waals surface area contributed by atoms with Crippen molar-refractivity contribution in [1.82, 2.24) is 9.55 Å². The highest BCUT2D eigenvalue weighted by atomic mass is 79.9. The Morgan fingerprint density at radius 3 is 2.63 bits per heavy atom. The van der Waals surface area contributed by atoms with Gasteiger partial charge < -0.3 is 19.3 Å². The Kier molecular flexibility index (Phi) is 7.20. The van der Waals surface area contributed by atoms with Crippen LogP contribution in [0.1, 0.15) is 30.5 Å². The molecular formula is C15H18BrClN2O8. The second kappa shape index (κ2) is 9.00. The monoisotopic (exact) mass is 468 g/mol. The number of ether oxygens (including phenoxy) is 3. The Morgan fingerprint density at radius 2 is 2.07 bits per heavy atom. The van der Waals surface area contributed by atoms with Crippen LogP contribution in [0.25, 0.3) is 0 Å². The molecular weight excluding hydrogens is 452 g/mol. The van der Waals surface area contributed by atoms with Crippen LogP contribution in [0.2, 0.25) is 0 Å². The standard InChI is InChI=1S/C15H18BrClN2O8/c1-6(20)25-5-10-12(26-7(2)21)11(22)14(27-10)19-4-8(9(16)3-17)13(23)18-15(19)24/h4,9-12,14,22H,3,5H2,1-2H3,(H,18,23,24)/t9?,10-,11-,12-,14-/m1/s1. The van der Waals surface area contributed by atoms with Gasteiger partial charge in [0.2, 0.25) is 0 Å². The van der Waals surface area contributed by atoms with Crippen LogP contribution in [0, 0.1) is 0 Å². The molecule has 0 amide bonds. The molecule has 1 saturated heterocycles. The molecule has 27 heavy (non-hydrogen) atoms. The molecule has 0 saturated carbocycles. The van der Waals surface area contributed by atoms with Gasteiger partial charge in [0.25, 0.3) is 5.56 Å². The summed E-state index contributed by atoms with van der Waals surface area (Å²) in [5.74, 6) is -1.22. The zero-order valence-electron chi connectivity index (χ0n) is 14.4. The number of alkyl halides is 2. The van der Waals surface area contributed by atoms with E-state index >= 15 is 0 Å². The van der Waals surface area contributed by atoms with Crippen molar-refractivity contribution in [3.63, 3.8) is 0 Å². The first-order chi connectivity index (χ1) is 12.6. The quantitative estimate of drug-likeness (QED) is 0.437. The maximum atomic E-state index is 12.2. The summed E-state index contributed by atoms with van der Waals surface area (Å²) in [6, 6.07) is 0. The molecule has 1 aromatic heterocycles. The SMILES string of the molecule is CC(=O)OC[C@H]1O[C@@H](n2cc(C(Br)CCl)c(=O)[nH]c2=O)[C@H](O)[C@@H]1OC(C)=O. The number of H-pyrrole nitrogens is 1. The molecule has 1 aliphatic heterocycles. The molecule has 0 aromatic carbocycles. The second-order valence-corrected chi connectivity index (χ2v) is 7.22. The van der Waals surface area contributed by atoms with Gasteiger partial charge in [-0.2, -0.15) is 0 Å². The van der Waals surface area contributed by atoms with E-state index in [0.29, 0.717) is 0 Å². The Morgan fingerprint density at radius 1 is 1.41 bits per heavy atom. The third-order valence-corrected chi connectivity index (χ3v) is 5.30. The van der Waals surface area contributed by atoms with Crippen molar-refractivity contribution in [1.29, 1.82) is 0 Å². The minimum Gasteiger partial charge on any atom is -0.463 e. The summed E-state index contributed by atoms with van der Waals surface area (Å²) in [7, 11) is 0. The van der Waals surface area contributed by atoms with Crippen molar-refractivity contribution in [3.05, 3.63) is 32.6 Å². The predicted octanol–water partition coefficient (Wildman–Crippen LogP) is -0.0355. The van der Waals surface area contributed by atoms with E-state index in [9.17, 15) is 24.3 Å². The summed E-state index contributed by atoms with van der Waals surface area (Å²) in [5, 5.41) is 10.5. The van der Waals surface area contributed by atoms with E-state index in [2.05, 4.69) is 20.9 Å². The molecule has 150 valence electrons. The molecule has 2 heterocycles. The van der Waals surface area contributed by atoms with Gasteiger partial charge in [-0.25, -0.2) is 4.79 Å². The Bertz CT molecular complexity index is 825. The number of hydrogen-bond acceptors (Lipinski definition) is 8. The molecule has 1 fully saturated rings. The van der Waals surface area contributed by atoms with Crippen LogP contribution < -0.4 is 11.2 Å². The predicted molar refractivity (Wildman–Crippen MR) is 95.8 cm³/mol. The number of nitrogens with one attached hydrogen (secondary N) is 1. The van der Waals surface area contributed by atoms with Gasteiger partial charge in [0, 0.05) is 31.5 Å². The van der Waals surface area contributed by atoms with Crippen molar-refractivity contribution < 1.29 is 28.9 Å². The zero-order chi connectivity index (χ0) is 20.3. The normalized spacial score (nSPS) is 25.8. The number of aromatic amines is 1. The van der Waals surface area contributed by atoms with Gasteiger partial charge in [0.1, 0.15) is 18.8 Å². The van der Waals surface area contributed by atoms with Crippen LogP contribution >= 0.6 is 27.5 Å². The van der Waals surface area contributed by atoms with Crippen LogP contribution in [-0.2, 0) is 23.8 Å². The maximum Gasteiger partial charge on any atom is 0.330 e.